The van der Waals surface area contributed by atoms with Crippen LogP contribution in [0.3, 0.4) is 0 Å². The molecule has 2 N–H and O–H groups in total. The molecule has 0 atom stereocenters. The molecule has 0 bridgehead atoms. The van der Waals surface area contributed by atoms with E-state index in [4.69, 9.17) is 4.74 Å². The number of carboxylic acid groups (broad SMARTS) is 1. The summed E-state index contributed by atoms with van der Waals surface area (Å²) in [5.74, 6) is -0.882. The average molecular weight is 333 g/mol. The van der Waals surface area contributed by atoms with Gasteiger partial charge in [0.2, 0.25) is 5.91 Å². The topological polar surface area (TPSA) is 75.6 Å². The van der Waals surface area contributed by atoms with Crippen LogP contribution in [0.2, 0.25) is 0 Å². The monoisotopic (exact) mass is 333 g/mol. The van der Waals surface area contributed by atoms with Crippen molar-refractivity contribution in [2.24, 2.45) is 5.41 Å². The molecule has 0 radical (unpaired) electrons. The van der Waals surface area contributed by atoms with Gasteiger partial charge in [-0.1, -0.05) is 29.8 Å². The van der Waals surface area contributed by atoms with Gasteiger partial charge in [-0.2, -0.15) is 0 Å². The van der Waals surface area contributed by atoms with Crippen LogP contribution >= 0.6 is 0 Å². The van der Waals surface area contributed by atoms with Crippen molar-refractivity contribution < 1.29 is 19.4 Å². The van der Waals surface area contributed by atoms with E-state index in [1.54, 1.807) is 13.8 Å². The maximum atomic E-state index is 12.9. The van der Waals surface area contributed by atoms with Gasteiger partial charge in [-0.25, -0.2) is 0 Å². The number of hydrogen-bond acceptors (Lipinski definition) is 3. The summed E-state index contributed by atoms with van der Waals surface area (Å²) in [7, 11) is 0. The van der Waals surface area contributed by atoms with E-state index in [9.17, 15) is 14.7 Å². The Bertz CT molecular complexity index is 586. The van der Waals surface area contributed by atoms with E-state index in [1.807, 2.05) is 31.2 Å². The molecule has 0 spiro atoms. The van der Waals surface area contributed by atoms with Crippen LogP contribution < -0.4 is 5.32 Å². The van der Waals surface area contributed by atoms with E-state index in [0.29, 0.717) is 39.0 Å². The van der Waals surface area contributed by atoms with Gasteiger partial charge in [-0.3, -0.25) is 9.59 Å². The summed E-state index contributed by atoms with van der Waals surface area (Å²) in [6.07, 6.45) is 1.68. The highest BCUT2D eigenvalue weighted by Crippen LogP contribution is 2.35. The van der Waals surface area contributed by atoms with Crippen molar-refractivity contribution in [2.45, 2.75) is 45.4 Å². The van der Waals surface area contributed by atoms with Gasteiger partial charge in [0.05, 0.1) is 10.8 Å². The van der Waals surface area contributed by atoms with Gasteiger partial charge in [0, 0.05) is 19.8 Å². The Kier molecular flexibility index (Phi) is 5.65. The molecule has 1 aliphatic heterocycles. The van der Waals surface area contributed by atoms with E-state index < -0.39 is 16.8 Å². The van der Waals surface area contributed by atoms with Crippen LogP contribution in [0.4, 0.5) is 0 Å². The number of aliphatic carboxylic acids is 1. The highest BCUT2D eigenvalue weighted by molar-refractivity contribution is 5.88. The Balaban J connectivity index is 2.11. The molecule has 1 aliphatic rings. The van der Waals surface area contributed by atoms with Gasteiger partial charge >= 0.3 is 5.97 Å². The Morgan fingerprint density at radius 3 is 2.33 bits per heavy atom. The maximum Gasteiger partial charge on any atom is 0.309 e. The molecule has 5 nitrogen and oxygen atoms in total. The number of amides is 1. The first-order valence-corrected chi connectivity index (χ1v) is 8.44. The number of nitrogens with one attached hydrogen (secondary N) is 1. The summed E-state index contributed by atoms with van der Waals surface area (Å²) >= 11 is 0. The fraction of sp³-hybridized carbons (Fsp3) is 0.579. The fourth-order valence-electron chi connectivity index (χ4n) is 3.00. The van der Waals surface area contributed by atoms with Gasteiger partial charge < -0.3 is 15.2 Å². The summed E-state index contributed by atoms with van der Waals surface area (Å²) in [6, 6.07) is 8.07. The Hall–Kier alpha value is -1.88. The molecule has 1 aromatic carbocycles. The Morgan fingerprint density at radius 2 is 1.79 bits per heavy atom. The van der Waals surface area contributed by atoms with E-state index >= 15 is 0 Å². The quantitative estimate of drug-likeness (QED) is 0.839. The number of carboxylic acids is 1. The Morgan fingerprint density at radius 1 is 1.21 bits per heavy atom. The number of hydrogen-bond donors (Lipinski definition) is 2. The van der Waals surface area contributed by atoms with Crippen LogP contribution in [0.5, 0.6) is 0 Å². The third-order valence-corrected chi connectivity index (χ3v) is 5.00. The number of ether oxygens (including phenoxy) is 1. The second-order valence-corrected chi connectivity index (χ2v) is 7.26. The summed E-state index contributed by atoms with van der Waals surface area (Å²) in [5, 5.41) is 12.1. The van der Waals surface area contributed by atoms with Crippen molar-refractivity contribution in [2.75, 3.05) is 19.8 Å². The van der Waals surface area contributed by atoms with Gasteiger partial charge in [0.15, 0.2) is 0 Å². The molecule has 5 heteroatoms. The van der Waals surface area contributed by atoms with Crippen LogP contribution in [0.25, 0.3) is 0 Å². The Labute approximate surface area is 143 Å². The first-order chi connectivity index (χ1) is 11.3. The van der Waals surface area contributed by atoms with Crippen LogP contribution in [0.15, 0.2) is 24.3 Å². The lowest BCUT2D eigenvalue weighted by atomic mass is 9.73. The smallest absolute Gasteiger partial charge is 0.309 e. The molecular weight excluding hydrogens is 306 g/mol. The molecule has 2 rings (SSSR count). The summed E-state index contributed by atoms with van der Waals surface area (Å²) < 4.78 is 5.45. The molecular formula is C19H27NO4. The largest absolute Gasteiger partial charge is 0.481 e. The van der Waals surface area contributed by atoms with E-state index in [2.05, 4.69) is 5.32 Å². The normalized spacial score (nSPS) is 17.3. The van der Waals surface area contributed by atoms with Crippen molar-refractivity contribution in [1.82, 2.24) is 5.32 Å². The highest BCUT2D eigenvalue weighted by atomic mass is 16.5. The lowest BCUT2D eigenvalue weighted by Crippen LogP contribution is -2.48. The molecule has 0 saturated carbocycles. The minimum Gasteiger partial charge on any atom is -0.481 e. The number of rotatable bonds is 6. The van der Waals surface area contributed by atoms with Crippen molar-refractivity contribution >= 4 is 11.9 Å². The minimum atomic E-state index is -0.851. The highest BCUT2D eigenvalue weighted by Gasteiger charge is 2.41. The predicted molar refractivity (Wildman–Crippen MR) is 92.0 cm³/mol. The third-order valence-electron chi connectivity index (χ3n) is 5.00. The average Bonchev–Trinajstić information content (AvgIpc) is 2.55. The van der Waals surface area contributed by atoms with Crippen molar-refractivity contribution in [3.63, 3.8) is 0 Å². The van der Waals surface area contributed by atoms with Crippen LogP contribution in [0, 0.1) is 12.3 Å². The molecule has 1 heterocycles. The molecule has 1 aromatic rings. The SMILES string of the molecule is Cc1ccc(C2(C(=O)NCCC(C)(C)C(=O)O)CCOCC2)cc1. The fourth-order valence-corrected chi connectivity index (χ4v) is 3.00. The summed E-state index contributed by atoms with van der Waals surface area (Å²) in [4.78, 5) is 24.1. The summed E-state index contributed by atoms with van der Waals surface area (Å²) in [5.41, 5.74) is 0.732. The van der Waals surface area contributed by atoms with Crippen LogP contribution in [-0.2, 0) is 19.7 Å². The lowest BCUT2D eigenvalue weighted by molar-refractivity contribution is -0.147. The number of aryl methyl sites for hydroxylation is 1. The van der Waals surface area contributed by atoms with Crippen molar-refractivity contribution in [3.05, 3.63) is 35.4 Å². The summed E-state index contributed by atoms with van der Waals surface area (Å²) in [6.45, 7) is 6.84. The standard InChI is InChI=1S/C19H27NO4/c1-14-4-6-15(7-5-14)19(9-12-24-13-10-19)16(21)20-11-8-18(2,3)17(22)23/h4-7H,8-13H2,1-3H3,(H,20,21)(H,22,23). The number of carbonyl (C=O) groups excluding carboxylic acids is 1. The van der Waals surface area contributed by atoms with Crippen LogP contribution in [-0.4, -0.2) is 36.7 Å². The molecule has 1 saturated heterocycles. The van der Waals surface area contributed by atoms with E-state index in [1.165, 1.54) is 0 Å². The zero-order valence-electron chi connectivity index (χ0n) is 14.7. The van der Waals surface area contributed by atoms with Gasteiger partial charge in [-0.15, -0.1) is 0 Å². The molecule has 0 aliphatic carbocycles. The van der Waals surface area contributed by atoms with Crippen molar-refractivity contribution in [3.8, 4) is 0 Å². The van der Waals surface area contributed by atoms with E-state index in [-0.39, 0.29) is 5.91 Å². The van der Waals surface area contributed by atoms with Gasteiger partial charge in [-0.05, 0) is 45.6 Å². The van der Waals surface area contributed by atoms with E-state index in [0.717, 1.165) is 11.1 Å². The molecule has 1 amide bonds. The molecule has 24 heavy (non-hydrogen) atoms. The minimum absolute atomic E-state index is 0.0316. The maximum absolute atomic E-state index is 12.9. The lowest BCUT2D eigenvalue weighted by Gasteiger charge is -2.36. The molecule has 0 aromatic heterocycles. The molecule has 132 valence electrons. The zero-order valence-corrected chi connectivity index (χ0v) is 14.7. The molecule has 0 unspecified atom stereocenters. The second kappa shape index (κ2) is 7.34. The first kappa shape index (κ1) is 18.5. The van der Waals surface area contributed by atoms with Crippen LogP contribution in [0.1, 0.15) is 44.2 Å². The number of benzene rings is 1. The predicted octanol–water partition coefficient (Wildman–Crippen LogP) is 2.66. The molecule has 1 fully saturated rings. The van der Waals surface area contributed by atoms with Gasteiger partial charge in [0.1, 0.15) is 0 Å². The zero-order chi connectivity index (χ0) is 17.8. The second-order valence-electron chi connectivity index (χ2n) is 7.26. The van der Waals surface area contributed by atoms with Gasteiger partial charge in [0.25, 0.3) is 0 Å². The first-order valence-electron chi connectivity index (χ1n) is 8.44. The number of carbonyl (C=O) groups is 2. The third kappa shape index (κ3) is 3.96. The van der Waals surface area contributed by atoms with Crippen molar-refractivity contribution in [1.29, 1.82) is 0 Å².